The third kappa shape index (κ3) is 5.05. The Balaban J connectivity index is 2.85. The summed E-state index contributed by atoms with van der Waals surface area (Å²) in [5, 5.41) is 8.61. The van der Waals surface area contributed by atoms with E-state index in [-0.39, 0.29) is 0 Å². The van der Waals surface area contributed by atoms with Gasteiger partial charge in [0.05, 0.1) is 24.0 Å². The fraction of sp³-hybridized carbons (Fsp3) is 0.778. The zero-order valence-electron chi connectivity index (χ0n) is 9.68. The van der Waals surface area contributed by atoms with E-state index in [1.54, 1.807) is 0 Å². The average Bonchev–Trinajstić information content (AvgIpc) is 2.11. The summed E-state index contributed by atoms with van der Waals surface area (Å²) >= 11 is 0. The highest BCUT2D eigenvalue weighted by Crippen LogP contribution is 2.23. The van der Waals surface area contributed by atoms with E-state index in [1.165, 1.54) is 0 Å². The first kappa shape index (κ1) is 15.7. The summed E-state index contributed by atoms with van der Waals surface area (Å²) in [7, 11) is -3.53. The van der Waals surface area contributed by atoms with Crippen molar-refractivity contribution in [3.63, 3.8) is 0 Å². The summed E-state index contributed by atoms with van der Waals surface area (Å²) in [6.45, 7) is -0.408. The molecule has 0 radical (unpaired) electrons. The number of carbonyl (C=O) groups excluding carboxylic acids is 1. The predicted molar refractivity (Wildman–Crippen MR) is 57.1 cm³/mol. The molecule has 6 nitrogen and oxygen atoms in total. The van der Waals surface area contributed by atoms with Gasteiger partial charge in [-0.3, -0.25) is 9.59 Å². The lowest BCUT2D eigenvalue weighted by Gasteiger charge is -2.34. The Kier molecular flexibility index (Phi) is 4.43. The van der Waals surface area contributed by atoms with Crippen LogP contribution in [0.3, 0.4) is 0 Å². The Morgan fingerprint density at radius 2 is 1.89 bits per heavy atom. The minimum atomic E-state index is -4.71. The quantitative estimate of drug-likeness (QED) is 0.794. The monoisotopic (exact) mass is 303 g/mol. The van der Waals surface area contributed by atoms with Gasteiger partial charge in [0.25, 0.3) is 0 Å². The second kappa shape index (κ2) is 5.35. The van der Waals surface area contributed by atoms with Crippen molar-refractivity contribution in [1.29, 1.82) is 0 Å². The molecule has 110 valence electrons. The number of nitrogens with zero attached hydrogens (tertiary/aromatic N) is 1. The summed E-state index contributed by atoms with van der Waals surface area (Å²) in [6, 6.07) is -1.24. The molecule has 1 atom stereocenters. The van der Waals surface area contributed by atoms with Gasteiger partial charge in [-0.1, -0.05) is 0 Å². The average molecular weight is 303 g/mol. The molecule has 0 saturated carbocycles. The number of sulfone groups is 1. The molecule has 0 aliphatic carbocycles. The zero-order chi connectivity index (χ0) is 14.8. The lowest BCUT2D eigenvalue weighted by molar-refractivity contribution is -0.163. The third-order valence-electron chi connectivity index (χ3n) is 2.61. The van der Waals surface area contributed by atoms with Crippen molar-refractivity contribution in [2.24, 2.45) is 0 Å². The Morgan fingerprint density at radius 1 is 1.32 bits per heavy atom. The van der Waals surface area contributed by atoms with Gasteiger partial charge in [0.1, 0.15) is 6.42 Å². The minimum Gasteiger partial charge on any atom is -0.481 e. The number of hydrogen-bond acceptors (Lipinski definition) is 4. The maximum absolute atomic E-state index is 12.1. The maximum atomic E-state index is 12.1. The summed E-state index contributed by atoms with van der Waals surface area (Å²) in [5.74, 6) is -3.74. The molecule has 1 heterocycles. The van der Waals surface area contributed by atoms with Gasteiger partial charge >= 0.3 is 12.1 Å². The van der Waals surface area contributed by atoms with Crippen molar-refractivity contribution in [3.05, 3.63) is 0 Å². The van der Waals surface area contributed by atoms with Gasteiger partial charge in [-0.25, -0.2) is 8.42 Å². The minimum absolute atomic E-state index is 0.408. The largest absolute Gasteiger partial charge is 0.481 e. The van der Waals surface area contributed by atoms with Crippen LogP contribution >= 0.6 is 0 Å². The van der Waals surface area contributed by atoms with E-state index in [4.69, 9.17) is 5.11 Å². The van der Waals surface area contributed by atoms with Gasteiger partial charge in [-0.2, -0.15) is 13.2 Å². The normalized spacial score (nSPS) is 23.1. The molecule has 1 aliphatic heterocycles. The van der Waals surface area contributed by atoms with Crippen molar-refractivity contribution in [2.75, 3.05) is 18.1 Å². The lowest BCUT2D eigenvalue weighted by Crippen LogP contribution is -2.52. The van der Waals surface area contributed by atoms with Gasteiger partial charge in [0, 0.05) is 6.54 Å². The van der Waals surface area contributed by atoms with Crippen LogP contribution in [0.15, 0.2) is 0 Å². The number of carboxylic acids is 1. The van der Waals surface area contributed by atoms with Gasteiger partial charge in [0.15, 0.2) is 9.84 Å². The smallest absolute Gasteiger partial charge is 0.397 e. The molecular weight excluding hydrogens is 291 g/mol. The highest BCUT2D eigenvalue weighted by atomic mass is 32.2. The van der Waals surface area contributed by atoms with E-state index in [9.17, 15) is 31.2 Å². The molecule has 10 heteroatoms. The number of carboxylic acid groups (broad SMARTS) is 1. The van der Waals surface area contributed by atoms with Crippen LogP contribution in [0.5, 0.6) is 0 Å². The highest BCUT2D eigenvalue weighted by molar-refractivity contribution is 7.91. The van der Waals surface area contributed by atoms with Crippen LogP contribution in [0, 0.1) is 0 Å². The Bertz CT molecular complexity index is 473. The fourth-order valence-electron chi connectivity index (χ4n) is 1.86. The molecule has 1 amide bonds. The maximum Gasteiger partial charge on any atom is 0.397 e. The van der Waals surface area contributed by atoms with Crippen LogP contribution in [0.2, 0.25) is 0 Å². The standard InChI is InChI=1S/C9H12F3NO5S/c10-9(11,12)4-7(14)13-1-2-19(17,18)5-6(13)3-8(15)16/h6H,1-5H2,(H,15,16). The zero-order valence-corrected chi connectivity index (χ0v) is 10.5. The van der Waals surface area contributed by atoms with Crippen LogP contribution in [-0.4, -0.2) is 60.6 Å². The number of hydrogen-bond donors (Lipinski definition) is 1. The second-order valence-electron chi connectivity index (χ2n) is 4.25. The van der Waals surface area contributed by atoms with E-state index in [2.05, 4.69) is 0 Å². The summed E-state index contributed by atoms with van der Waals surface area (Å²) < 4.78 is 59.0. The number of carbonyl (C=O) groups is 2. The van der Waals surface area contributed by atoms with E-state index in [0.717, 1.165) is 0 Å². The Labute approximate surface area is 107 Å². The summed E-state index contributed by atoms with van der Waals surface area (Å²) in [6.07, 6.45) is -7.12. The first-order valence-electron chi connectivity index (χ1n) is 5.28. The van der Waals surface area contributed by atoms with Crippen LogP contribution in [0.4, 0.5) is 13.2 Å². The lowest BCUT2D eigenvalue weighted by atomic mass is 10.2. The SMILES string of the molecule is O=C(O)CC1CS(=O)(=O)CCN1C(=O)CC(F)(F)F. The van der Waals surface area contributed by atoms with Crippen molar-refractivity contribution < 1.29 is 36.3 Å². The second-order valence-corrected chi connectivity index (χ2v) is 6.47. The fourth-order valence-corrected chi connectivity index (χ4v) is 3.38. The molecular formula is C9H12F3NO5S. The molecule has 1 aliphatic rings. The van der Waals surface area contributed by atoms with Crippen molar-refractivity contribution in [1.82, 2.24) is 4.90 Å². The number of alkyl halides is 3. The van der Waals surface area contributed by atoms with Crippen molar-refractivity contribution >= 4 is 21.7 Å². The van der Waals surface area contributed by atoms with E-state index in [0.29, 0.717) is 4.90 Å². The molecule has 1 unspecified atom stereocenters. The van der Waals surface area contributed by atoms with Gasteiger partial charge in [-0.05, 0) is 0 Å². The molecule has 0 aromatic carbocycles. The summed E-state index contributed by atoms with van der Waals surface area (Å²) in [5.41, 5.74) is 0. The van der Waals surface area contributed by atoms with Gasteiger partial charge in [0.2, 0.25) is 5.91 Å². The van der Waals surface area contributed by atoms with E-state index in [1.807, 2.05) is 0 Å². The Morgan fingerprint density at radius 3 is 2.37 bits per heavy atom. The van der Waals surface area contributed by atoms with E-state index >= 15 is 0 Å². The molecule has 1 fully saturated rings. The van der Waals surface area contributed by atoms with Crippen molar-refractivity contribution in [2.45, 2.75) is 25.1 Å². The van der Waals surface area contributed by atoms with Gasteiger partial charge < -0.3 is 10.0 Å². The topological polar surface area (TPSA) is 91.8 Å². The highest BCUT2D eigenvalue weighted by Gasteiger charge is 2.40. The molecule has 0 bridgehead atoms. The van der Waals surface area contributed by atoms with Crippen LogP contribution in [-0.2, 0) is 19.4 Å². The molecule has 0 aromatic heterocycles. The first-order valence-corrected chi connectivity index (χ1v) is 7.11. The number of aliphatic carboxylic acids is 1. The van der Waals surface area contributed by atoms with Crippen LogP contribution in [0.1, 0.15) is 12.8 Å². The van der Waals surface area contributed by atoms with Crippen LogP contribution < -0.4 is 0 Å². The first-order chi connectivity index (χ1) is 8.50. The predicted octanol–water partition coefficient (Wildman–Crippen LogP) is 0.0391. The van der Waals surface area contributed by atoms with Crippen molar-refractivity contribution in [3.8, 4) is 0 Å². The third-order valence-corrected chi connectivity index (χ3v) is 4.31. The molecule has 1 rings (SSSR count). The number of rotatable bonds is 3. The molecule has 0 spiro atoms. The summed E-state index contributed by atoms with van der Waals surface area (Å²) in [4.78, 5) is 22.7. The Hall–Kier alpha value is -1.32. The van der Waals surface area contributed by atoms with E-state index < -0.39 is 64.8 Å². The molecule has 1 N–H and O–H groups in total. The molecule has 19 heavy (non-hydrogen) atoms. The molecule has 1 saturated heterocycles. The molecule has 0 aromatic rings. The van der Waals surface area contributed by atoms with Gasteiger partial charge in [-0.15, -0.1) is 0 Å². The van der Waals surface area contributed by atoms with Crippen LogP contribution in [0.25, 0.3) is 0 Å². The number of halogens is 3. The number of amides is 1.